The Bertz CT molecular complexity index is 321. The van der Waals surface area contributed by atoms with Gasteiger partial charge >= 0.3 is 0 Å². The number of nitrogens with one attached hydrogen (secondary N) is 1. The van der Waals surface area contributed by atoms with E-state index in [9.17, 15) is 4.39 Å². The molecule has 0 aliphatic rings. The van der Waals surface area contributed by atoms with E-state index < -0.39 is 0 Å². The Morgan fingerprint density at radius 1 is 1.47 bits per heavy atom. The lowest BCUT2D eigenvalue weighted by Gasteiger charge is -2.13. The van der Waals surface area contributed by atoms with Crippen LogP contribution in [-0.2, 0) is 0 Å². The van der Waals surface area contributed by atoms with Gasteiger partial charge in [-0.15, -0.1) is 0 Å². The van der Waals surface area contributed by atoms with Crippen LogP contribution >= 0.6 is 27.5 Å². The van der Waals surface area contributed by atoms with Crippen molar-refractivity contribution in [3.63, 3.8) is 0 Å². The molecule has 0 atom stereocenters. The molecule has 1 rings (SSSR count). The summed E-state index contributed by atoms with van der Waals surface area (Å²) in [5.41, 5.74) is 0.736. The monoisotopic (exact) mass is 294 g/mol. The number of benzene rings is 1. The van der Waals surface area contributed by atoms with Gasteiger partial charge in [-0.2, -0.15) is 0 Å². The molecular weight excluding hydrogens is 282 g/mol. The standard InChI is InChI=1S/C10H13BrClFN2/c1-15(2)4-3-14-10-8(11)5-7(13)6-9(10)12/h5-6,14H,3-4H2,1-2H3. The second-order valence-corrected chi connectivity index (χ2v) is 4.74. The number of likely N-dealkylation sites (N-methyl/N-ethyl adjacent to an activating group) is 1. The summed E-state index contributed by atoms with van der Waals surface area (Å²) < 4.78 is 13.6. The Labute approximate surface area is 103 Å². The molecule has 0 saturated heterocycles. The van der Waals surface area contributed by atoms with Crippen molar-refractivity contribution < 1.29 is 4.39 Å². The first-order chi connectivity index (χ1) is 7.00. The van der Waals surface area contributed by atoms with Crippen molar-refractivity contribution in [2.45, 2.75) is 0 Å². The molecule has 0 aromatic heterocycles. The highest BCUT2D eigenvalue weighted by Gasteiger charge is 2.07. The third-order valence-electron chi connectivity index (χ3n) is 1.87. The molecule has 0 fully saturated rings. The summed E-state index contributed by atoms with van der Waals surface area (Å²) in [4.78, 5) is 2.05. The SMILES string of the molecule is CN(C)CCNc1c(Cl)cc(F)cc1Br. The summed E-state index contributed by atoms with van der Waals surface area (Å²) in [6.07, 6.45) is 0. The number of anilines is 1. The maximum atomic E-state index is 12.9. The highest BCUT2D eigenvalue weighted by Crippen LogP contribution is 2.31. The average Bonchev–Trinajstić information content (AvgIpc) is 2.08. The third-order valence-corrected chi connectivity index (χ3v) is 2.79. The number of rotatable bonds is 4. The zero-order chi connectivity index (χ0) is 11.4. The van der Waals surface area contributed by atoms with Gasteiger partial charge in [-0.05, 0) is 42.2 Å². The fourth-order valence-corrected chi connectivity index (χ4v) is 2.08. The lowest BCUT2D eigenvalue weighted by molar-refractivity contribution is 0.425. The zero-order valence-corrected chi connectivity index (χ0v) is 11.0. The third kappa shape index (κ3) is 3.97. The van der Waals surface area contributed by atoms with E-state index in [1.807, 2.05) is 14.1 Å². The van der Waals surface area contributed by atoms with Crippen LogP contribution < -0.4 is 5.32 Å². The molecule has 0 bridgehead atoms. The predicted molar refractivity (Wildman–Crippen MR) is 66.2 cm³/mol. The maximum Gasteiger partial charge on any atom is 0.125 e. The fourth-order valence-electron chi connectivity index (χ4n) is 1.12. The largest absolute Gasteiger partial charge is 0.382 e. The Hall–Kier alpha value is -0.320. The van der Waals surface area contributed by atoms with Crippen LogP contribution in [0.25, 0.3) is 0 Å². The van der Waals surface area contributed by atoms with Crippen LogP contribution in [-0.4, -0.2) is 32.1 Å². The minimum Gasteiger partial charge on any atom is -0.382 e. The van der Waals surface area contributed by atoms with E-state index in [4.69, 9.17) is 11.6 Å². The zero-order valence-electron chi connectivity index (χ0n) is 8.65. The minimum atomic E-state index is -0.343. The average molecular weight is 296 g/mol. The molecule has 1 N–H and O–H groups in total. The lowest BCUT2D eigenvalue weighted by atomic mass is 10.3. The van der Waals surface area contributed by atoms with Crippen molar-refractivity contribution in [3.05, 3.63) is 27.4 Å². The molecule has 15 heavy (non-hydrogen) atoms. The van der Waals surface area contributed by atoms with Crippen LogP contribution in [0, 0.1) is 5.82 Å². The van der Waals surface area contributed by atoms with Gasteiger partial charge in [0.1, 0.15) is 5.82 Å². The Balaban J connectivity index is 2.68. The first kappa shape index (κ1) is 12.7. The first-order valence-corrected chi connectivity index (χ1v) is 5.71. The van der Waals surface area contributed by atoms with Crippen molar-refractivity contribution in [1.82, 2.24) is 4.90 Å². The number of halogens is 3. The minimum absolute atomic E-state index is 0.343. The predicted octanol–water partition coefficient (Wildman–Crippen LogP) is 3.22. The van der Waals surface area contributed by atoms with Crippen LogP contribution in [0.1, 0.15) is 0 Å². The molecule has 0 amide bonds. The first-order valence-electron chi connectivity index (χ1n) is 4.54. The Morgan fingerprint density at radius 2 is 2.13 bits per heavy atom. The van der Waals surface area contributed by atoms with Gasteiger partial charge in [0.15, 0.2) is 0 Å². The van der Waals surface area contributed by atoms with Gasteiger partial charge in [-0.1, -0.05) is 11.6 Å². The Morgan fingerprint density at radius 3 is 2.67 bits per heavy atom. The number of hydrogen-bond acceptors (Lipinski definition) is 2. The van der Waals surface area contributed by atoms with Crippen molar-refractivity contribution in [2.75, 3.05) is 32.5 Å². The summed E-state index contributed by atoms with van der Waals surface area (Å²) >= 11 is 9.17. The highest BCUT2D eigenvalue weighted by atomic mass is 79.9. The van der Waals surface area contributed by atoms with Crippen molar-refractivity contribution in [3.8, 4) is 0 Å². The maximum absolute atomic E-state index is 12.9. The molecule has 5 heteroatoms. The summed E-state index contributed by atoms with van der Waals surface area (Å²) in [5.74, 6) is -0.343. The smallest absolute Gasteiger partial charge is 0.125 e. The molecule has 0 aliphatic carbocycles. The molecule has 0 heterocycles. The quantitative estimate of drug-likeness (QED) is 0.917. The lowest BCUT2D eigenvalue weighted by Crippen LogP contribution is -2.21. The number of hydrogen-bond donors (Lipinski definition) is 1. The molecule has 84 valence electrons. The van der Waals surface area contributed by atoms with Crippen LogP contribution in [0.5, 0.6) is 0 Å². The van der Waals surface area contributed by atoms with E-state index >= 15 is 0 Å². The summed E-state index contributed by atoms with van der Waals surface area (Å²) in [6.45, 7) is 1.65. The number of nitrogens with zero attached hydrogens (tertiary/aromatic N) is 1. The summed E-state index contributed by atoms with van der Waals surface area (Å²) in [5, 5.41) is 3.54. The van der Waals surface area contributed by atoms with Crippen LogP contribution in [0.4, 0.5) is 10.1 Å². The molecular formula is C10H13BrClFN2. The van der Waals surface area contributed by atoms with Gasteiger partial charge in [0.05, 0.1) is 10.7 Å². The van der Waals surface area contributed by atoms with E-state index in [-0.39, 0.29) is 5.82 Å². The molecule has 2 nitrogen and oxygen atoms in total. The van der Waals surface area contributed by atoms with E-state index in [1.165, 1.54) is 12.1 Å². The van der Waals surface area contributed by atoms with E-state index in [0.717, 1.165) is 18.8 Å². The molecule has 1 aromatic rings. The van der Waals surface area contributed by atoms with Crippen molar-refractivity contribution >= 4 is 33.2 Å². The highest BCUT2D eigenvalue weighted by molar-refractivity contribution is 9.10. The molecule has 0 saturated carbocycles. The molecule has 0 aliphatic heterocycles. The van der Waals surface area contributed by atoms with Gasteiger partial charge in [0.25, 0.3) is 0 Å². The van der Waals surface area contributed by atoms with Gasteiger partial charge in [0.2, 0.25) is 0 Å². The molecule has 0 spiro atoms. The van der Waals surface area contributed by atoms with Gasteiger partial charge < -0.3 is 10.2 Å². The normalized spacial score (nSPS) is 10.8. The second-order valence-electron chi connectivity index (χ2n) is 3.47. The molecule has 0 unspecified atom stereocenters. The van der Waals surface area contributed by atoms with Gasteiger partial charge in [0, 0.05) is 17.6 Å². The topological polar surface area (TPSA) is 15.3 Å². The van der Waals surface area contributed by atoms with Crippen LogP contribution in [0.2, 0.25) is 5.02 Å². The Kier molecular flexibility index (Phi) is 4.83. The summed E-state index contributed by atoms with van der Waals surface area (Å²) in [7, 11) is 3.98. The summed E-state index contributed by atoms with van der Waals surface area (Å²) in [6, 6.07) is 2.69. The van der Waals surface area contributed by atoms with E-state index in [1.54, 1.807) is 0 Å². The molecule has 0 radical (unpaired) electrons. The van der Waals surface area contributed by atoms with Gasteiger partial charge in [-0.3, -0.25) is 0 Å². The van der Waals surface area contributed by atoms with Crippen LogP contribution in [0.15, 0.2) is 16.6 Å². The molecule has 1 aromatic carbocycles. The fraction of sp³-hybridized carbons (Fsp3) is 0.400. The van der Waals surface area contributed by atoms with Crippen molar-refractivity contribution in [2.24, 2.45) is 0 Å². The second kappa shape index (κ2) is 5.68. The van der Waals surface area contributed by atoms with Crippen molar-refractivity contribution in [1.29, 1.82) is 0 Å². The van der Waals surface area contributed by atoms with E-state index in [2.05, 4.69) is 26.1 Å². The van der Waals surface area contributed by atoms with E-state index in [0.29, 0.717) is 9.50 Å². The van der Waals surface area contributed by atoms with Gasteiger partial charge in [-0.25, -0.2) is 4.39 Å². The van der Waals surface area contributed by atoms with Crippen LogP contribution in [0.3, 0.4) is 0 Å².